The number of H-pyrrole nitrogens is 1. The fourth-order valence-corrected chi connectivity index (χ4v) is 7.41. The quantitative estimate of drug-likeness (QED) is 0.423. The summed E-state index contributed by atoms with van der Waals surface area (Å²) in [5.41, 5.74) is 2.34. The lowest BCUT2D eigenvalue weighted by Gasteiger charge is -2.33. The van der Waals surface area contributed by atoms with Gasteiger partial charge < -0.3 is 9.72 Å². The first-order valence-corrected chi connectivity index (χ1v) is 13.5. The molecule has 2 heterocycles. The average molecular weight is 499 g/mol. The lowest BCUT2D eigenvalue weighted by molar-refractivity contribution is 0.247. The molecule has 1 aliphatic rings. The first-order valence-electron chi connectivity index (χ1n) is 11.3. The van der Waals surface area contributed by atoms with Gasteiger partial charge in [0.25, 0.3) is 5.56 Å². The summed E-state index contributed by atoms with van der Waals surface area (Å²) in [6.45, 7) is 1.78. The van der Waals surface area contributed by atoms with Gasteiger partial charge in [0.2, 0.25) is 10.0 Å². The van der Waals surface area contributed by atoms with Crippen LogP contribution in [0.15, 0.2) is 46.1 Å². The average Bonchev–Trinajstić information content (AvgIpc) is 3.31. The number of methoxy groups -OCH3 is 1. The molecule has 1 N–H and O–H groups in total. The van der Waals surface area contributed by atoms with Crippen molar-refractivity contribution in [2.45, 2.75) is 56.5 Å². The molecule has 0 saturated heterocycles. The smallest absolute Gasteiger partial charge is 0.252 e. The second-order valence-corrected chi connectivity index (χ2v) is 11.1. The Bertz CT molecular complexity index is 1520. The number of nitrogens with one attached hydrogen (secondary N) is 1. The van der Waals surface area contributed by atoms with Gasteiger partial charge in [-0.25, -0.2) is 8.42 Å². The van der Waals surface area contributed by atoms with Crippen molar-refractivity contribution in [2.75, 3.05) is 7.11 Å². The van der Waals surface area contributed by atoms with Crippen LogP contribution >= 0.6 is 11.7 Å². The highest BCUT2D eigenvalue weighted by Crippen LogP contribution is 2.33. The van der Waals surface area contributed by atoms with E-state index >= 15 is 0 Å². The monoisotopic (exact) mass is 498 g/mol. The van der Waals surface area contributed by atoms with E-state index in [-0.39, 0.29) is 23.0 Å². The number of pyridine rings is 1. The number of aryl methyl sites for hydroxylation is 1. The highest BCUT2D eigenvalue weighted by molar-refractivity contribution is 7.89. The van der Waals surface area contributed by atoms with Crippen molar-refractivity contribution in [3.63, 3.8) is 0 Å². The second-order valence-electron chi connectivity index (χ2n) is 8.76. The Balaban J connectivity index is 1.62. The van der Waals surface area contributed by atoms with Gasteiger partial charge in [0.05, 0.1) is 24.4 Å². The lowest BCUT2D eigenvalue weighted by atomic mass is 9.95. The number of nitrogens with zero attached hydrogens (tertiary/aromatic N) is 3. The summed E-state index contributed by atoms with van der Waals surface area (Å²) in [6.07, 6.45) is 4.56. The largest absolute Gasteiger partial charge is 0.497 e. The third-order valence-corrected chi connectivity index (χ3v) is 9.20. The predicted molar refractivity (Wildman–Crippen MR) is 133 cm³/mol. The van der Waals surface area contributed by atoms with Crippen molar-refractivity contribution in [1.29, 1.82) is 0 Å². The number of hydrogen-bond acceptors (Lipinski definition) is 7. The standard InChI is InChI=1S/C24H26N4O4S2/c1-15-8-11-20-22(27-33-26-20)23(15)34(30,31)28(18-6-4-3-5-7-18)14-17-12-16-9-10-19(32-2)13-21(16)25-24(17)29/h8-13,18H,3-7,14H2,1-2H3,(H,25,29). The molecule has 2 aromatic heterocycles. The number of benzene rings is 2. The van der Waals surface area contributed by atoms with Gasteiger partial charge in [-0.15, -0.1) is 0 Å². The number of hydrogen-bond donors (Lipinski definition) is 1. The zero-order valence-corrected chi connectivity index (χ0v) is 20.7. The van der Waals surface area contributed by atoms with Crippen molar-refractivity contribution >= 4 is 43.7 Å². The van der Waals surface area contributed by atoms with Crippen molar-refractivity contribution in [3.8, 4) is 5.75 Å². The summed E-state index contributed by atoms with van der Waals surface area (Å²) in [4.78, 5) is 16.1. The minimum absolute atomic E-state index is 0.00229. The predicted octanol–water partition coefficient (Wildman–Crippen LogP) is 4.37. The molecular formula is C24H26N4O4S2. The number of ether oxygens (including phenoxy) is 1. The Kier molecular flexibility index (Phi) is 6.13. The van der Waals surface area contributed by atoms with Crippen molar-refractivity contribution in [2.24, 2.45) is 0 Å². The molecule has 0 bridgehead atoms. The maximum atomic E-state index is 14.2. The van der Waals surface area contributed by atoms with E-state index in [1.165, 1.54) is 4.31 Å². The Morgan fingerprint density at radius 1 is 1.12 bits per heavy atom. The third-order valence-electron chi connectivity index (χ3n) is 6.58. The van der Waals surface area contributed by atoms with Gasteiger partial charge in [0, 0.05) is 24.2 Å². The Morgan fingerprint density at radius 3 is 2.68 bits per heavy atom. The van der Waals surface area contributed by atoms with Gasteiger partial charge in [-0.3, -0.25) is 4.79 Å². The molecule has 0 spiro atoms. The molecule has 0 atom stereocenters. The van der Waals surface area contributed by atoms with Gasteiger partial charge in [-0.05, 0) is 55.0 Å². The summed E-state index contributed by atoms with van der Waals surface area (Å²) in [7, 11) is -2.37. The minimum Gasteiger partial charge on any atom is -0.497 e. The fraction of sp³-hybridized carbons (Fsp3) is 0.375. The molecule has 0 radical (unpaired) electrons. The zero-order chi connectivity index (χ0) is 23.9. The Labute approximate surface area is 202 Å². The minimum atomic E-state index is -3.94. The van der Waals surface area contributed by atoms with Crippen molar-refractivity contribution in [1.82, 2.24) is 18.0 Å². The van der Waals surface area contributed by atoms with E-state index in [9.17, 15) is 13.2 Å². The number of aromatic amines is 1. The highest BCUT2D eigenvalue weighted by Gasteiger charge is 2.36. The van der Waals surface area contributed by atoms with E-state index in [1.807, 2.05) is 12.1 Å². The molecule has 178 valence electrons. The van der Waals surface area contributed by atoms with E-state index in [1.54, 1.807) is 38.3 Å². The van der Waals surface area contributed by atoms with E-state index in [4.69, 9.17) is 4.74 Å². The fourth-order valence-electron chi connectivity index (χ4n) is 4.79. The number of fused-ring (bicyclic) bond motifs is 2. The van der Waals surface area contributed by atoms with Crippen molar-refractivity contribution in [3.05, 3.63) is 57.9 Å². The van der Waals surface area contributed by atoms with Gasteiger partial charge in [0.15, 0.2) is 0 Å². The molecule has 1 saturated carbocycles. The van der Waals surface area contributed by atoms with Crippen LogP contribution in [-0.4, -0.2) is 39.6 Å². The van der Waals surface area contributed by atoms with Crippen LogP contribution in [0.5, 0.6) is 5.75 Å². The molecule has 0 aliphatic heterocycles. The first kappa shape index (κ1) is 22.9. The molecule has 1 aliphatic carbocycles. The van der Waals surface area contributed by atoms with Crippen LogP contribution in [0.1, 0.15) is 43.2 Å². The van der Waals surface area contributed by atoms with Crippen LogP contribution < -0.4 is 10.3 Å². The number of rotatable bonds is 6. The normalized spacial score (nSPS) is 15.4. The van der Waals surface area contributed by atoms with Crippen LogP contribution in [0.4, 0.5) is 0 Å². The molecular weight excluding hydrogens is 472 g/mol. The summed E-state index contributed by atoms with van der Waals surface area (Å²) >= 11 is 1.00. The van der Waals surface area contributed by atoms with Crippen molar-refractivity contribution < 1.29 is 13.2 Å². The number of sulfonamides is 1. The van der Waals surface area contributed by atoms with Crippen LogP contribution in [0.3, 0.4) is 0 Å². The molecule has 2 aromatic carbocycles. The highest BCUT2D eigenvalue weighted by atomic mass is 32.2. The van der Waals surface area contributed by atoms with E-state index < -0.39 is 10.0 Å². The molecule has 10 heteroatoms. The SMILES string of the molecule is COc1ccc2cc(CN(C3CCCCC3)S(=O)(=O)c3c(C)ccc4nsnc34)c(=O)[nH]c2c1. The number of aromatic nitrogens is 3. The molecule has 4 aromatic rings. The Morgan fingerprint density at radius 2 is 1.91 bits per heavy atom. The summed E-state index contributed by atoms with van der Waals surface area (Å²) in [5, 5.41) is 0.818. The van der Waals surface area contributed by atoms with Crippen LogP contribution in [0, 0.1) is 6.92 Å². The third kappa shape index (κ3) is 4.10. The summed E-state index contributed by atoms with van der Waals surface area (Å²) < 4.78 is 43.6. The molecule has 1 fully saturated rings. The zero-order valence-electron chi connectivity index (χ0n) is 19.1. The lowest BCUT2D eigenvalue weighted by Crippen LogP contribution is -2.42. The second kappa shape index (κ2) is 9.09. The Hall–Kier alpha value is -2.82. The van der Waals surface area contributed by atoms with Gasteiger partial charge >= 0.3 is 0 Å². The summed E-state index contributed by atoms with van der Waals surface area (Å²) in [5.74, 6) is 0.641. The van der Waals surface area contributed by atoms with E-state index in [0.29, 0.717) is 33.4 Å². The maximum Gasteiger partial charge on any atom is 0.252 e. The first-order chi connectivity index (χ1) is 16.4. The molecule has 0 amide bonds. The van der Waals surface area contributed by atoms with Crippen LogP contribution in [0.25, 0.3) is 21.9 Å². The van der Waals surface area contributed by atoms with Gasteiger partial charge in [0.1, 0.15) is 21.7 Å². The van der Waals surface area contributed by atoms with E-state index in [0.717, 1.165) is 49.2 Å². The van der Waals surface area contributed by atoms with Crippen LogP contribution in [-0.2, 0) is 16.6 Å². The van der Waals surface area contributed by atoms with E-state index in [2.05, 4.69) is 13.7 Å². The topological polar surface area (TPSA) is 105 Å². The maximum absolute atomic E-state index is 14.2. The van der Waals surface area contributed by atoms with Gasteiger partial charge in [-0.1, -0.05) is 25.3 Å². The molecule has 5 rings (SSSR count). The molecule has 34 heavy (non-hydrogen) atoms. The molecule has 0 unspecified atom stereocenters. The van der Waals surface area contributed by atoms with Gasteiger partial charge in [-0.2, -0.15) is 13.1 Å². The molecule has 8 nitrogen and oxygen atoms in total. The summed E-state index contributed by atoms with van der Waals surface area (Å²) in [6, 6.07) is 10.6. The van der Waals surface area contributed by atoms with Crippen LogP contribution in [0.2, 0.25) is 0 Å².